The predicted octanol–water partition coefficient (Wildman–Crippen LogP) is 1.23. The number of hydrogen-bond acceptors (Lipinski definition) is 4. The summed E-state index contributed by atoms with van der Waals surface area (Å²) in [5, 5.41) is 0. The van der Waals surface area contributed by atoms with Crippen LogP contribution in [0.4, 0.5) is 17.6 Å². The molecule has 0 heterocycles. The molecule has 0 saturated heterocycles. The fraction of sp³-hybridized carbons (Fsp3) is 0.500. The first-order valence-corrected chi connectivity index (χ1v) is 3.99. The maximum absolute atomic E-state index is 12.0. The molecule has 78 valence electrons. The van der Waals surface area contributed by atoms with E-state index in [1.54, 1.807) is 0 Å². The van der Waals surface area contributed by atoms with Gasteiger partial charge >= 0.3 is 6.18 Å². The van der Waals surface area contributed by atoms with Gasteiger partial charge in [0.2, 0.25) is 0 Å². The zero-order valence-corrected chi connectivity index (χ0v) is 6.65. The van der Waals surface area contributed by atoms with Gasteiger partial charge in [-0.3, -0.25) is 0 Å². The molecule has 0 rings (SSSR count). The van der Waals surface area contributed by atoms with Gasteiger partial charge in [0.25, 0.3) is 10.4 Å². The van der Waals surface area contributed by atoms with Crippen LogP contribution in [0.5, 0.6) is 0 Å². The summed E-state index contributed by atoms with van der Waals surface area (Å²) in [5.74, 6) is -1.90. The van der Waals surface area contributed by atoms with Gasteiger partial charge in [-0.25, -0.2) is 12.8 Å². The first-order valence-electron chi connectivity index (χ1n) is 2.65. The van der Waals surface area contributed by atoms with Gasteiger partial charge in [-0.1, -0.05) is 0 Å². The average molecular weight is 223 g/mol. The Morgan fingerprint density at radius 3 is 2.23 bits per heavy atom. The van der Waals surface area contributed by atoms with Crippen LogP contribution >= 0.6 is 0 Å². The largest absolute Gasteiger partial charge is 0.716 e. The van der Waals surface area contributed by atoms with E-state index in [0.29, 0.717) is 0 Å². The summed E-state index contributed by atoms with van der Waals surface area (Å²) in [7, 11) is -5.21. The number of alkyl halides is 3. The highest BCUT2D eigenvalue weighted by Crippen LogP contribution is 2.24. The Hall–Kier alpha value is -0.830. The topological polar surface area (TPSA) is 66.4 Å². The molecule has 0 aliphatic heterocycles. The predicted molar refractivity (Wildman–Crippen MR) is 30.6 cm³/mol. The number of hydrogen-bond donors (Lipinski definition) is 0. The molecule has 4 nitrogen and oxygen atoms in total. The second-order valence-corrected chi connectivity index (χ2v) is 2.87. The molecule has 0 saturated carbocycles. The number of rotatable bonds is 3. The molecule has 0 aliphatic carbocycles. The normalized spacial score (nSPS) is 14.4. The van der Waals surface area contributed by atoms with Crippen molar-refractivity contribution in [1.82, 2.24) is 0 Å². The third-order valence-corrected chi connectivity index (χ3v) is 0.995. The molecular weight excluding hydrogens is 220 g/mol. The van der Waals surface area contributed by atoms with Crippen LogP contribution in [0.1, 0.15) is 6.42 Å². The Balaban J connectivity index is 4.21. The molecule has 0 fully saturated rings. The summed E-state index contributed by atoms with van der Waals surface area (Å²) in [6.45, 7) is 0. The summed E-state index contributed by atoms with van der Waals surface area (Å²) in [6, 6.07) is 0. The molecule has 13 heavy (non-hydrogen) atoms. The van der Waals surface area contributed by atoms with Crippen LogP contribution in [0.2, 0.25) is 0 Å². The molecule has 0 aliphatic rings. The fourth-order valence-corrected chi connectivity index (χ4v) is 0.567. The highest BCUT2D eigenvalue weighted by molar-refractivity contribution is 7.80. The van der Waals surface area contributed by atoms with Crippen molar-refractivity contribution in [2.45, 2.75) is 12.6 Å². The van der Waals surface area contributed by atoms with E-state index in [9.17, 15) is 30.5 Å². The van der Waals surface area contributed by atoms with Crippen molar-refractivity contribution in [2.75, 3.05) is 0 Å². The molecule has 0 aromatic heterocycles. The van der Waals surface area contributed by atoms with Crippen LogP contribution in [0.3, 0.4) is 0 Å². The summed E-state index contributed by atoms with van der Waals surface area (Å²) >= 11 is 0. The molecule has 0 aromatic rings. The van der Waals surface area contributed by atoms with E-state index >= 15 is 0 Å². The average Bonchev–Trinajstić information content (AvgIpc) is 1.78. The lowest BCUT2D eigenvalue weighted by molar-refractivity contribution is -0.130. The Kier molecular flexibility index (Phi) is 3.67. The first-order chi connectivity index (χ1) is 5.60. The zero-order chi connectivity index (χ0) is 10.7. The maximum Gasteiger partial charge on any atom is 0.395 e. The Morgan fingerprint density at radius 1 is 1.46 bits per heavy atom. The Labute approximate surface area is 70.8 Å². The Morgan fingerprint density at radius 2 is 1.92 bits per heavy atom. The summed E-state index contributed by atoms with van der Waals surface area (Å²) < 4.78 is 78.1. The van der Waals surface area contributed by atoms with Gasteiger partial charge in [0.15, 0.2) is 0 Å². The molecule has 0 radical (unpaired) electrons. The molecular formula is C4H3F4O4S-. The molecule has 0 spiro atoms. The van der Waals surface area contributed by atoms with E-state index in [1.165, 1.54) is 0 Å². The lowest BCUT2D eigenvalue weighted by Crippen LogP contribution is -2.07. The smallest absolute Gasteiger partial charge is 0.395 e. The minimum atomic E-state index is -5.21. The monoisotopic (exact) mass is 223 g/mol. The fourth-order valence-electron chi connectivity index (χ4n) is 0.344. The lowest BCUT2D eigenvalue weighted by atomic mass is 10.4. The molecule has 9 heteroatoms. The maximum atomic E-state index is 12.0. The minimum Gasteiger partial charge on any atom is -0.716 e. The number of allylic oxidation sites excluding steroid dienone is 1. The van der Waals surface area contributed by atoms with E-state index in [0.717, 1.165) is 0 Å². The van der Waals surface area contributed by atoms with Crippen molar-refractivity contribution >= 4 is 10.4 Å². The van der Waals surface area contributed by atoms with Gasteiger partial charge in [0, 0.05) is 0 Å². The van der Waals surface area contributed by atoms with Crippen LogP contribution in [0.25, 0.3) is 0 Å². The Bertz CT molecular complexity index is 290. The van der Waals surface area contributed by atoms with Crippen LogP contribution in [0, 0.1) is 0 Å². The van der Waals surface area contributed by atoms with Crippen molar-refractivity contribution in [3.63, 3.8) is 0 Å². The van der Waals surface area contributed by atoms with Crippen LogP contribution in [-0.2, 0) is 14.6 Å². The second-order valence-electron chi connectivity index (χ2n) is 1.86. The molecule has 0 atom stereocenters. The van der Waals surface area contributed by atoms with Gasteiger partial charge < -0.3 is 8.74 Å². The second kappa shape index (κ2) is 3.92. The van der Waals surface area contributed by atoms with Gasteiger partial charge in [-0.2, -0.15) is 13.2 Å². The summed E-state index contributed by atoms with van der Waals surface area (Å²) in [4.78, 5) is 0. The van der Waals surface area contributed by atoms with E-state index < -0.39 is 35.1 Å². The highest BCUT2D eigenvalue weighted by Gasteiger charge is 2.29. The van der Waals surface area contributed by atoms with Gasteiger partial charge in [-0.15, -0.1) is 0 Å². The quantitative estimate of drug-likeness (QED) is 0.312. The molecule has 0 amide bonds. The standard InChI is InChI=1S/C4H4F4O4S/c5-3(1-4(6,7)8)2-12-13(9,10)11/h2H,1H2,(H,9,10,11)/p-1. The first kappa shape index (κ1) is 12.2. The molecule has 0 aromatic carbocycles. The summed E-state index contributed by atoms with van der Waals surface area (Å²) in [5.41, 5.74) is 0. The zero-order valence-electron chi connectivity index (χ0n) is 5.84. The van der Waals surface area contributed by atoms with E-state index in [4.69, 9.17) is 0 Å². The SMILES string of the molecule is O=S(=O)([O-])OC=C(F)CC(F)(F)F. The summed E-state index contributed by atoms with van der Waals surface area (Å²) in [6.07, 6.45) is -7.20. The lowest BCUT2D eigenvalue weighted by Gasteiger charge is -2.06. The molecule has 0 bridgehead atoms. The highest BCUT2D eigenvalue weighted by atomic mass is 32.3. The van der Waals surface area contributed by atoms with Crippen molar-refractivity contribution in [2.24, 2.45) is 0 Å². The van der Waals surface area contributed by atoms with Crippen molar-refractivity contribution < 1.29 is 34.7 Å². The van der Waals surface area contributed by atoms with Gasteiger partial charge in [0.1, 0.15) is 12.1 Å². The third kappa shape index (κ3) is 9.08. The number of halogens is 4. The third-order valence-electron chi connectivity index (χ3n) is 0.663. The van der Waals surface area contributed by atoms with Gasteiger partial charge in [-0.05, 0) is 0 Å². The van der Waals surface area contributed by atoms with Crippen LogP contribution in [-0.4, -0.2) is 19.1 Å². The van der Waals surface area contributed by atoms with Crippen molar-refractivity contribution in [1.29, 1.82) is 0 Å². The van der Waals surface area contributed by atoms with E-state index in [-0.39, 0.29) is 0 Å². The minimum absolute atomic E-state index is 0.393. The van der Waals surface area contributed by atoms with Crippen molar-refractivity contribution in [3.05, 3.63) is 12.1 Å². The molecule has 0 N–H and O–H groups in total. The van der Waals surface area contributed by atoms with Crippen LogP contribution in [0.15, 0.2) is 12.1 Å². The van der Waals surface area contributed by atoms with E-state index in [1.807, 2.05) is 0 Å². The van der Waals surface area contributed by atoms with Gasteiger partial charge in [0.05, 0.1) is 6.42 Å². The van der Waals surface area contributed by atoms with Crippen molar-refractivity contribution in [3.8, 4) is 0 Å². The van der Waals surface area contributed by atoms with E-state index in [2.05, 4.69) is 4.18 Å². The molecule has 0 unspecified atom stereocenters. The van der Waals surface area contributed by atoms with Crippen LogP contribution < -0.4 is 0 Å².